The highest BCUT2D eigenvalue weighted by atomic mass is 32.5. The van der Waals surface area contributed by atoms with E-state index >= 15 is 0 Å². The Balaban J connectivity index is 1.80. The summed E-state index contributed by atoms with van der Waals surface area (Å²) in [6.07, 6.45) is 0.903. The number of hydrogen-bond donors (Lipinski definition) is 4. The smallest absolute Gasteiger partial charge is 0.321 e. The Hall–Kier alpha value is -1.20. The molecule has 3 atom stereocenters. The van der Waals surface area contributed by atoms with E-state index in [0.717, 1.165) is 0 Å². The molecule has 12 heteroatoms. The molecule has 10 nitrogen and oxygen atoms in total. The van der Waals surface area contributed by atoms with Gasteiger partial charge in [0.25, 0.3) is 0 Å². The molecule has 1 fully saturated rings. The third-order valence-electron chi connectivity index (χ3n) is 3.26. The van der Waals surface area contributed by atoms with Crippen LogP contribution in [0.15, 0.2) is 12.7 Å². The molecule has 0 saturated carbocycles. The lowest BCUT2D eigenvalue weighted by atomic mass is 10.2. The van der Waals surface area contributed by atoms with Crippen molar-refractivity contribution in [1.29, 1.82) is 0 Å². The van der Waals surface area contributed by atoms with Crippen LogP contribution in [0.1, 0.15) is 12.6 Å². The number of fused-ring (bicyclic) bond motifs is 1. The van der Waals surface area contributed by atoms with Gasteiger partial charge in [-0.25, -0.2) is 15.0 Å². The quantitative estimate of drug-likeness (QED) is 0.522. The van der Waals surface area contributed by atoms with E-state index in [0.29, 0.717) is 11.2 Å². The van der Waals surface area contributed by atoms with Crippen LogP contribution >= 0.6 is 6.72 Å². The molecular weight excluding hydrogens is 333 g/mol. The second-order valence-corrected chi connectivity index (χ2v) is 7.49. The van der Waals surface area contributed by atoms with Crippen LogP contribution in [-0.2, 0) is 21.1 Å². The number of nitrogens with zero attached hydrogens (tertiary/aromatic N) is 4. The van der Waals surface area contributed by atoms with Crippen LogP contribution in [0.4, 0.5) is 5.82 Å². The second-order valence-electron chi connectivity index (χ2n) is 4.82. The topological polar surface area (TPSA) is 149 Å². The van der Waals surface area contributed by atoms with Crippen molar-refractivity contribution in [2.24, 2.45) is 0 Å². The largest absolute Gasteiger partial charge is 0.388 e. The summed E-state index contributed by atoms with van der Waals surface area (Å²) >= 11 is 4.37. The average Bonchev–Trinajstić information content (AvgIpc) is 3.00. The van der Waals surface area contributed by atoms with Gasteiger partial charge < -0.3 is 29.9 Å². The first-order chi connectivity index (χ1) is 10.3. The van der Waals surface area contributed by atoms with Gasteiger partial charge in [-0.15, -0.1) is 0 Å². The Kier molecular flexibility index (Phi) is 4.12. The van der Waals surface area contributed by atoms with Crippen molar-refractivity contribution in [2.45, 2.75) is 24.9 Å². The second kappa shape index (κ2) is 5.78. The van der Waals surface area contributed by atoms with Crippen LogP contribution < -0.4 is 5.73 Å². The Bertz CT molecular complexity index is 736. The zero-order valence-corrected chi connectivity index (χ0v) is 12.9. The Morgan fingerprint density at radius 2 is 2.23 bits per heavy atom. The highest BCUT2D eigenvalue weighted by Crippen LogP contribution is 2.39. The normalized spacial score (nSPS) is 25.9. The molecule has 2 aromatic rings. The molecule has 22 heavy (non-hydrogen) atoms. The molecular formula is C10H14N5O5PS. The van der Waals surface area contributed by atoms with Crippen molar-refractivity contribution >= 4 is 35.5 Å². The summed E-state index contributed by atoms with van der Waals surface area (Å²) in [7, 11) is 0. The fourth-order valence-corrected chi connectivity index (χ4v) is 2.87. The van der Waals surface area contributed by atoms with Crippen molar-refractivity contribution in [3.8, 4) is 0 Å². The molecule has 0 bridgehead atoms. The molecule has 3 heterocycles. The van der Waals surface area contributed by atoms with Gasteiger partial charge >= 0.3 is 6.72 Å². The number of rotatable bonds is 4. The molecule has 3 rings (SSSR count). The van der Waals surface area contributed by atoms with E-state index in [-0.39, 0.29) is 18.8 Å². The van der Waals surface area contributed by atoms with Gasteiger partial charge in [-0.3, -0.25) is 4.57 Å². The fraction of sp³-hybridized carbons (Fsp3) is 0.500. The van der Waals surface area contributed by atoms with E-state index in [1.807, 2.05) is 0 Å². The molecule has 0 aromatic carbocycles. The van der Waals surface area contributed by atoms with Crippen molar-refractivity contribution in [3.63, 3.8) is 0 Å². The van der Waals surface area contributed by atoms with Gasteiger partial charge in [0.05, 0.1) is 19.0 Å². The summed E-state index contributed by atoms with van der Waals surface area (Å²) in [5.41, 5.74) is 6.57. The Morgan fingerprint density at radius 1 is 1.45 bits per heavy atom. The Morgan fingerprint density at radius 3 is 2.95 bits per heavy atom. The summed E-state index contributed by atoms with van der Waals surface area (Å²) in [5.74, 6) is 0.234. The van der Waals surface area contributed by atoms with Crippen molar-refractivity contribution in [3.05, 3.63) is 12.7 Å². The van der Waals surface area contributed by atoms with Crippen LogP contribution in [0.3, 0.4) is 0 Å². The first-order valence-electron chi connectivity index (χ1n) is 6.32. The number of anilines is 1. The molecule has 1 saturated heterocycles. The van der Waals surface area contributed by atoms with E-state index in [2.05, 4.69) is 26.8 Å². The van der Waals surface area contributed by atoms with Crippen molar-refractivity contribution in [2.75, 3.05) is 12.3 Å². The van der Waals surface area contributed by atoms with Crippen LogP contribution in [0.2, 0.25) is 0 Å². The molecule has 0 spiro atoms. The SMILES string of the molecule is Nc1ncnc2c1ncn2[C@@H]1O[C@H](COP(O)(O)=S)C[C@H]1O. The predicted octanol–water partition coefficient (Wildman–Crippen LogP) is -0.717. The third kappa shape index (κ3) is 3.10. The van der Waals surface area contributed by atoms with Gasteiger partial charge in [0.2, 0.25) is 0 Å². The number of imidazole rings is 1. The van der Waals surface area contributed by atoms with E-state index < -0.39 is 25.2 Å². The zero-order chi connectivity index (χ0) is 15.9. The lowest BCUT2D eigenvalue weighted by molar-refractivity contribution is -0.0467. The lowest BCUT2D eigenvalue weighted by Gasteiger charge is -2.17. The summed E-state index contributed by atoms with van der Waals surface area (Å²) in [6.45, 7) is -3.87. The zero-order valence-electron chi connectivity index (χ0n) is 11.2. The molecule has 0 aliphatic carbocycles. The number of hydrogen-bond acceptors (Lipinski definition) is 8. The van der Waals surface area contributed by atoms with E-state index in [1.165, 1.54) is 12.7 Å². The van der Waals surface area contributed by atoms with Gasteiger partial charge in [-0.1, -0.05) is 0 Å². The fourth-order valence-electron chi connectivity index (χ4n) is 2.32. The molecule has 0 unspecified atom stereocenters. The number of nitrogens with two attached hydrogens (primary N) is 1. The maximum atomic E-state index is 10.1. The summed E-state index contributed by atoms with van der Waals surface area (Å²) in [4.78, 5) is 30.2. The predicted molar refractivity (Wildman–Crippen MR) is 78.9 cm³/mol. The van der Waals surface area contributed by atoms with Gasteiger partial charge in [0.1, 0.15) is 17.9 Å². The summed E-state index contributed by atoms with van der Waals surface area (Å²) in [6, 6.07) is 0. The van der Waals surface area contributed by atoms with Gasteiger partial charge in [0, 0.05) is 6.42 Å². The van der Waals surface area contributed by atoms with Gasteiger partial charge in [0.15, 0.2) is 17.7 Å². The van der Waals surface area contributed by atoms with E-state index in [4.69, 9.17) is 24.8 Å². The first kappa shape index (κ1) is 15.7. The standard InChI is InChI=1S/C10H14N5O5PS/c11-8-7-9(13-3-12-8)15(4-14-7)10-6(16)1-5(20-10)2-19-21(17,18)22/h3-6,10,16H,1-2H2,(H2,11,12,13)(H2,17,18,22)/t5-,6+,10+/m0/s1. The van der Waals surface area contributed by atoms with Crippen molar-refractivity contribution in [1.82, 2.24) is 19.5 Å². The minimum absolute atomic E-state index is 0.123. The van der Waals surface area contributed by atoms with Crippen LogP contribution in [0.5, 0.6) is 0 Å². The molecule has 0 radical (unpaired) electrons. The molecule has 5 N–H and O–H groups in total. The highest BCUT2D eigenvalue weighted by Gasteiger charge is 2.37. The summed E-state index contributed by atoms with van der Waals surface area (Å²) < 4.78 is 12.0. The molecule has 120 valence electrons. The minimum Gasteiger partial charge on any atom is -0.388 e. The van der Waals surface area contributed by atoms with E-state index in [9.17, 15) is 5.11 Å². The van der Waals surface area contributed by atoms with Gasteiger partial charge in [-0.2, -0.15) is 0 Å². The maximum absolute atomic E-state index is 10.1. The number of aliphatic hydroxyl groups excluding tert-OH is 1. The molecule has 2 aromatic heterocycles. The highest BCUT2D eigenvalue weighted by molar-refractivity contribution is 8.06. The first-order valence-corrected chi connectivity index (χ1v) is 8.94. The van der Waals surface area contributed by atoms with Crippen molar-refractivity contribution < 1.29 is 24.2 Å². The average molecular weight is 347 g/mol. The van der Waals surface area contributed by atoms with Gasteiger partial charge in [-0.05, 0) is 11.8 Å². The van der Waals surface area contributed by atoms with Crippen LogP contribution in [0.25, 0.3) is 11.2 Å². The lowest BCUT2D eigenvalue weighted by Crippen LogP contribution is -2.19. The third-order valence-corrected chi connectivity index (χ3v) is 4.06. The minimum atomic E-state index is -3.75. The number of aliphatic hydroxyl groups is 1. The maximum Gasteiger partial charge on any atom is 0.321 e. The van der Waals surface area contributed by atoms with Crippen LogP contribution in [-0.4, -0.2) is 53.2 Å². The molecule has 1 aliphatic heterocycles. The van der Waals surface area contributed by atoms with E-state index in [1.54, 1.807) is 4.57 Å². The monoisotopic (exact) mass is 347 g/mol. The number of aromatic nitrogens is 4. The van der Waals surface area contributed by atoms with Crippen LogP contribution in [0, 0.1) is 0 Å². The number of nitrogen functional groups attached to an aromatic ring is 1. The molecule has 0 amide bonds. The number of ether oxygens (including phenoxy) is 1. The Labute approximate surface area is 129 Å². The summed E-state index contributed by atoms with van der Waals surface area (Å²) in [5, 5.41) is 10.1. The molecule has 1 aliphatic rings.